The summed E-state index contributed by atoms with van der Waals surface area (Å²) < 4.78 is 5.17. The zero-order valence-corrected chi connectivity index (χ0v) is 6.12. The Kier molecular flexibility index (Phi) is 6.84. The number of hydrogen-bond acceptors (Lipinski definition) is 4. The molecule has 0 saturated carbocycles. The molecule has 0 aromatic rings. The zero-order valence-electron chi connectivity index (χ0n) is 6.12. The number of nitrogens with two attached hydrogens (primary N) is 2. The van der Waals surface area contributed by atoms with Crippen molar-refractivity contribution in [1.82, 2.24) is 0 Å². The molecule has 62 valence electrons. The van der Waals surface area contributed by atoms with Crippen LogP contribution in [-0.2, 0) is 4.74 Å². The first-order valence-corrected chi connectivity index (χ1v) is 3.47. The normalized spacial score (nSPS) is 13.5. The largest absolute Gasteiger partial charge is 0.396 e. The van der Waals surface area contributed by atoms with Gasteiger partial charge in [0.05, 0.1) is 12.7 Å². The van der Waals surface area contributed by atoms with Crippen molar-refractivity contribution in [2.75, 3.05) is 26.3 Å². The van der Waals surface area contributed by atoms with E-state index in [1.807, 2.05) is 0 Å². The first-order chi connectivity index (χ1) is 4.85. The van der Waals surface area contributed by atoms with E-state index in [0.29, 0.717) is 26.1 Å². The lowest BCUT2D eigenvalue weighted by Gasteiger charge is -2.13. The highest BCUT2D eigenvalue weighted by Gasteiger charge is 2.03. The molecule has 0 spiro atoms. The number of aliphatic hydroxyl groups excluding tert-OH is 1. The molecule has 4 heteroatoms. The van der Waals surface area contributed by atoms with Crippen molar-refractivity contribution in [2.24, 2.45) is 11.5 Å². The first kappa shape index (κ1) is 9.84. The molecule has 0 saturated heterocycles. The third-order valence-corrected chi connectivity index (χ3v) is 1.19. The Morgan fingerprint density at radius 2 is 2.10 bits per heavy atom. The minimum Gasteiger partial charge on any atom is -0.396 e. The summed E-state index contributed by atoms with van der Waals surface area (Å²) in [5.74, 6) is 0. The van der Waals surface area contributed by atoms with E-state index in [4.69, 9.17) is 21.3 Å². The Balaban J connectivity index is 3.21. The van der Waals surface area contributed by atoms with Gasteiger partial charge < -0.3 is 21.3 Å². The molecule has 0 amide bonds. The molecule has 0 bridgehead atoms. The Morgan fingerprint density at radius 1 is 1.40 bits per heavy atom. The summed E-state index contributed by atoms with van der Waals surface area (Å²) in [4.78, 5) is 0. The monoisotopic (exact) mass is 148 g/mol. The molecule has 1 atom stereocenters. The highest BCUT2D eigenvalue weighted by molar-refractivity contribution is 4.57. The van der Waals surface area contributed by atoms with Crippen molar-refractivity contribution in [3.63, 3.8) is 0 Å². The molecule has 0 aliphatic carbocycles. The van der Waals surface area contributed by atoms with Crippen LogP contribution in [0, 0.1) is 0 Å². The fraction of sp³-hybridized carbons (Fsp3) is 1.00. The van der Waals surface area contributed by atoms with E-state index < -0.39 is 0 Å². The van der Waals surface area contributed by atoms with Crippen LogP contribution in [0.15, 0.2) is 0 Å². The van der Waals surface area contributed by atoms with E-state index >= 15 is 0 Å². The van der Waals surface area contributed by atoms with E-state index in [9.17, 15) is 0 Å². The molecule has 0 fully saturated rings. The lowest BCUT2D eigenvalue weighted by Crippen LogP contribution is -2.27. The summed E-state index contributed by atoms with van der Waals surface area (Å²) in [6.07, 6.45) is 0.560. The average molecular weight is 148 g/mol. The van der Waals surface area contributed by atoms with Gasteiger partial charge in [-0.15, -0.1) is 0 Å². The molecule has 4 nitrogen and oxygen atoms in total. The number of ether oxygens (including phenoxy) is 1. The van der Waals surface area contributed by atoms with Crippen LogP contribution in [0.4, 0.5) is 0 Å². The maximum absolute atomic E-state index is 8.50. The minimum absolute atomic E-state index is 0.0338. The van der Waals surface area contributed by atoms with E-state index in [2.05, 4.69) is 0 Å². The highest BCUT2D eigenvalue weighted by atomic mass is 16.5. The van der Waals surface area contributed by atoms with Crippen LogP contribution in [0.1, 0.15) is 6.42 Å². The molecular weight excluding hydrogens is 132 g/mol. The average Bonchev–Trinajstić information content (AvgIpc) is 1.98. The SMILES string of the molecule is NCCOC(CN)CCO. The van der Waals surface area contributed by atoms with E-state index in [0.717, 1.165) is 0 Å². The van der Waals surface area contributed by atoms with Gasteiger partial charge in [0.1, 0.15) is 0 Å². The van der Waals surface area contributed by atoms with Crippen molar-refractivity contribution in [1.29, 1.82) is 0 Å². The summed E-state index contributed by atoms with van der Waals surface area (Å²) in [5, 5.41) is 8.50. The van der Waals surface area contributed by atoms with Gasteiger partial charge in [0.25, 0.3) is 0 Å². The fourth-order valence-corrected chi connectivity index (χ4v) is 0.648. The van der Waals surface area contributed by atoms with Crippen LogP contribution in [0.5, 0.6) is 0 Å². The van der Waals surface area contributed by atoms with Crippen LogP contribution in [-0.4, -0.2) is 37.5 Å². The van der Waals surface area contributed by atoms with E-state index in [1.54, 1.807) is 0 Å². The van der Waals surface area contributed by atoms with Gasteiger partial charge in [0.2, 0.25) is 0 Å². The second-order valence-corrected chi connectivity index (χ2v) is 2.03. The lowest BCUT2D eigenvalue weighted by atomic mass is 10.3. The molecule has 0 aromatic heterocycles. The van der Waals surface area contributed by atoms with Crippen LogP contribution in [0.2, 0.25) is 0 Å². The van der Waals surface area contributed by atoms with Crippen molar-refractivity contribution in [3.05, 3.63) is 0 Å². The molecule has 0 rings (SSSR count). The molecule has 0 aliphatic rings. The first-order valence-electron chi connectivity index (χ1n) is 3.47. The minimum atomic E-state index is -0.0338. The third-order valence-electron chi connectivity index (χ3n) is 1.19. The van der Waals surface area contributed by atoms with Gasteiger partial charge in [-0.2, -0.15) is 0 Å². The third kappa shape index (κ3) is 4.69. The van der Waals surface area contributed by atoms with Crippen molar-refractivity contribution in [3.8, 4) is 0 Å². The maximum Gasteiger partial charge on any atom is 0.0719 e. The molecule has 5 N–H and O–H groups in total. The quantitative estimate of drug-likeness (QED) is 0.436. The van der Waals surface area contributed by atoms with Gasteiger partial charge in [-0.3, -0.25) is 0 Å². The van der Waals surface area contributed by atoms with Gasteiger partial charge in [0, 0.05) is 19.7 Å². The van der Waals surface area contributed by atoms with Crippen molar-refractivity contribution >= 4 is 0 Å². The molecular formula is C6H16N2O2. The topological polar surface area (TPSA) is 81.5 Å². The van der Waals surface area contributed by atoms with Crippen LogP contribution in [0.3, 0.4) is 0 Å². The number of rotatable bonds is 6. The smallest absolute Gasteiger partial charge is 0.0719 e. The molecule has 10 heavy (non-hydrogen) atoms. The lowest BCUT2D eigenvalue weighted by molar-refractivity contribution is 0.0464. The fourth-order valence-electron chi connectivity index (χ4n) is 0.648. The van der Waals surface area contributed by atoms with Crippen molar-refractivity contribution in [2.45, 2.75) is 12.5 Å². The Bertz CT molecular complexity index is 70.8. The second-order valence-electron chi connectivity index (χ2n) is 2.03. The Hall–Kier alpha value is -0.160. The van der Waals surface area contributed by atoms with Gasteiger partial charge in [0.15, 0.2) is 0 Å². The van der Waals surface area contributed by atoms with E-state index in [1.165, 1.54) is 0 Å². The van der Waals surface area contributed by atoms with E-state index in [-0.39, 0.29) is 12.7 Å². The molecule has 1 unspecified atom stereocenters. The summed E-state index contributed by atoms with van der Waals surface area (Å²) in [5.41, 5.74) is 10.5. The summed E-state index contributed by atoms with van der Waals surface area (Å²) >= 11 is 0. The molecule has 0 aromatic carbocycles. The van der Waals surface area contributed by atoms with Crippen LogP contribution in [0.25, 0.3) is 0 Å². The summed E-state index contributed by atoms with van der Waals surface area (Å²) in [6.45, 7) is 1.58. The number of aliphatic hydroxyl groups is 1. The standard InChI is InChI=1S/C6H16N2O2/c7-2-4-10-6(5-8)1-3-9/h6,9H,1-5,7-8H2. The van der Waals surface area contributed by atoms with Crippen LogP contribution >= 0.6 is 0 Å². The Morgan fingerprint density at radius 3 is 2.50 bits per heavy atom. The molecule has 0 radical (unpaired) electrons. The van der Waals surface area contributed by atoms with Gasteiger partial charge in [-0.1, -0.05) is 0 Å². The predicted molar refractivity (Wildman–Crippen MR) is 39.6 cm³/mol. The zero-order chi connectivity index (χ0) is 7.82. The van der Waals surface area contributed by atoms with Gasteiger partial charge >= 0.3 is 0 Å². The maximum atomic E-state index is 8.50. The van der Waals surface area contributed by atoms with Gasteiger partial charge in [-0.25, -0.2) is 0 Å². The second kappa shape index (κ2) is 6.95. The summed E-state index contributed by atoms with van der Waals surface area (Å²) in [6, 6.07) is 0. The van der Waals surface area contributed by atoms with Crippen molar-refractivity contribution < 1.29 is 9.84 Å². The predicted octanol–water partition coefficient (Wildman–Crippen LogP) is -1.33. The Labute approximate surface area is 61.2 Å². The van der Waals surface area contributed by atoms with Crippen LogP contribution < -0.4 is 11.5 Å². The molecule has 0 aliphatic heterocycles. The molecule has 0 heterocycles. The van der Waals surface area contributed by atoms with Gasteiger partial charge in [-0.05, 0) is 6.42 Å². The number of hydrogen-bond donors (Lipinski definition) is 3. The summed E-state index contributed by atoms with van der Waals surface area (Å²) in [7, 11) is 0. The highest BCUT2D eigenvalue weighted by Crippen LogP contribution is 1.93.